The van der Waals surface area contributed by atoms with Crippen LogP contribution in [0.25, 0.3) is 16.6 Å². The Labute approximate surface area is 200 Å². The molecule has 9 heteroatoms. The van der Waals surface area contributed by atoms with Gasteiger partial charge in [-0.1, -0.05) is 47.5 Å². The summed E-state index contributed by atoms with van der Waals surface area (Å²) in [5, 5.41) is 4.75. The summed E-state index contributed by atoms with van der Waals surface area (Å²) in [5.41, 5.74) is 2.58. The summed E-state index contributed by atoms with van der Waals surface area (Å²) in [6, 6.07) is 16.4. The van der Waals surface area contributed by atoms with E-state index < -0.39 is 0 Å². The molecule has 32 heavy (non-hydrogen) atoms. The number of benzene rings is 2. The number of H-pyrrole nitrogens is 1. The fourth-order valence-corrected chi connectivity index (χ4v) is 4.72. The lowest BCUT2D eigenvalue weighted by Crippen LogP contribution is -2.27. The van der Waals surface area contributed by atoms with Gasteiger partial charge in [0, 0.05) is 37.3 Å². The highest BCUT2D eigenvalue weighted by Crippen LogP contribution is 2.23. The van der Waals surface area contributed by atoms with Crippen molar-refractivity contribution < 1.29 is 0 Å². The Balaban J connectivity index is 0.00000245. The summed E-state index contributed by atoms with van der Waals surface area (Å²) >= 11 is 12.5. The first kappa shape index (κ1) is 22.7. The zero-order valence-corrected chi connectivity index (χ0v) is 19.4. The zero-order valence-electron chi connectivity index (χ0n) is 17.1. The first-order valence-electron chi connectivity index (χ1n) is 10.1. The Morgan fingerprint density at radius 3 is 2.56 bits per heavy atom. The Bertz CT molecular complexity index is 1410. The highest BCUT2D eigenvalue weighted by molar-refractivity contribution is 6.32. The second-order valence-electron chi connectivity index (χ2n) is 7.77. The highest BCUT2D eigenvalue weighted by Gasteiger charge is 2.22. The van der Waals surface area contributed by atoms with E-state index in [0.717, 1.165) is 24.2 Å². The Hall–Kier alpha value is -2.51. The van der Waals surface area contributed by atoms with E-state index >= 15 is 0 Å². The molecule has 0 spiro atoms. The fraction of sp³-hybridized carbons (Fsp3) is 0.217. The van der Waals surface area contributed by atoms with E-state index in [1.165, 1.54) is 10.7 Å². The second kappa shape index (κ2) is 9.16. The van der Waals surface area contributed by atoms with Crippen molar-refractivity contribution in [2.45, 2.75) is 26.1 Å². The van der Waals surface area contributed by atoms with E-state index in [-0.39, 0.29) is 23.5 Å². The molecular formula is C23H21Cl3N4O2. The molecule has 1 N–H and O–H groups in total. The average molecular weight is 492 g/mol. The molecule has 0 aliphatic carbocycles. The molecule has 1 aliphatic rings. The largest absolute Gasteiger partial charge is 0.310 e. The summed E-state index contributed by atoms with van der Waals surface area (Å²) in [6.07, 6.45) is 0.822. The number of nitrogens with one attached hydrogen (secondary N) is 1. The van der Waals surface area contributed by atoms with Crippen molar-refractivity contribution in [3.63, 3.8) is 0 Å². The highest BCUT2D eigenvalue weighted by atomic mass is 35.5. The molecule has 2 aromatic heterocycles. The van der Waals surface area contributed by atoms with Crippen LogP contribution in [0.1, 0.15) is 17.7 Å². The number of fused-ring (bicyclic) bond motifs is 3. The Kier molecular flexibility index (Phi) is 6.49. The molecule has 0 saturated heterocycles. The fourth-order valence-electron chi connectivity index (χ4n) is 4.29. The third-order valence-electron chi connectivity index (χ3n) is 5.68. The number of aromatic amines is 1. The molecule has 0 unspecified atom stereocenters. The van der Waals surface area contributed by atoms with Crippen LogP contribution in [0.4, 0.5) is 0 Å². The summed E-state index contributed by atoms with van der Waals surface area (Å²) in [7, 11) is 0. The monoisotopic (exact) mass is 490 g/mol. The van der Waals surface area contributed by atoms with Gasteiger partial charge in [0.05, 0.1) is 27.3 Å². The summed E-state index contributed by atoms with van der Waals surface area (Å²) in [6.45, 7) is 2.58. The van der Waals surface area contributed by atoms with E-state index in [4.69, 9.17) is 23.2 Å². The molecule has 5 rings (SSSR count). The van der Waals surface area contributed by atoms with Crippen LogP contribution in [0.2, 0.25) is 10.0 Å². The minimum atomic E-state index is -0.212. The predicted octanol–water partition coefficient (Wildman–Crippen LogP) is 4.62. The first-order chi connectivity index (χ1) is 15.0. The molecule has 2 aromatic carbocycles. The topological polar surface area (TPSA) is 63.0 Å². The molecule has 0 radical (unpaired) electrons. The van der Waals surface area contributed by atoms with Crippen molar-refractivity contribution >= 4 is 46.5 Å². The van der Waals surface area contributed by atoms with Gasteiger partial charge in [-0.3, -0.25) is 19.6 Å². The lowest BCUT2D eigenvalue weighted by molar-refractivity contribution is 0.262. The molecular weight excluding hydrogens is 471 g/mol. The summed E-state index contributed by atoms with van der Waals surface area (Å²) in [4.78, 5) is 28.5. The van der Waals surface area contributed by atoms with Gasteiger partial charge >= 0.3 is 0 Å². The van der Waals surface area contributed by atoms with E-state index in [9.17, 15) is 9.59 Å². The molecule has 0 amide bonds. The number of halogens is 3. The molecule has 0 bridgehead atoms. The van der Waals surface area contributed by atoms with Gasteiger partial charge in [-0.05, 0) is 36.2 Å². The quantitative estimate of drug-likeness (QED) is 0.455. The molecule has 1 aliphatic heterocycles. The molecule has 0 atom stereocenters. The van der Waals surface area contributed by atoms with Crippen LogP contribution >= 0.6 is 35.6 Å². The molecule has 0 fully saturated rings. The van der Waals surface area contributed by atoms with E-state index in [0.29, 0.717) is 46.3 Å². The lowest BCUT2D eigenvalue weighted by Gasteiger charge is -2.20. The maximum Gasteiger partial charge on any atom is 0.280 e. The van der Waals surface area contributed by atoms with E-state index in [1.807, 2.05) is 36.4 Å². The Morgan fingerprint density at radius 1 is 0.969 bits per heavy atom. The van der Waals surface area contributed by atoms with Crippen molar-refractivity contribution in [2.24, 2.45) is 0 Å². The number of pyridine rings is 1. The maximum atomic E-state index is 13.4. The standard InChI is InChI=1S/C23H20Cl2N4O2.ClH/c24-16-6-3-5-15(11-16)13-27-9-4-10-28-20(14-27)22-18(12-21(28)30)26-29(23(22)31)19-8-2-1-7-17(19)25;/h1-3,5-8,11-12,26H,4,9-10,13-14H2;1H. The van der Waals surface area contributed by atoms with Crippen LogP contribution in [0.15, 0.2) is 64.2 Å². The normalized spacial score (nSPS) is 14.1. The number of rotatable bonds is 3. The second-order valence-corrected chi connectivity index (χ2v) is 8.61. The summed E-state index contributed by atoms with van der Waals surface area (Å²) in [5.74, 6) is 0. The van der Waals surface area contributed by atoms with Gasteiger partial charge in [0.25, 0.3) is 11.1 Å². The molecule has 166 valence electrons. The zero-order chi connectivity index (χ0) is 21.5. The minimum absolute atomic E-state index is 0. The van der Waals surface area contributed by atoms with Crippen molar-refractivity contribution in [2.75, 3.05) is 6.54 Å². The van der Waals surface area contributed by atoms with Gasteiger partial charge in [0.15, 0.2) is 0 Å². The third kappa shape index (κ3) is 4.11. The van der Waals surface area contributed by atoms with Crippen molar-refractivity contribution in [1.29, 1.82) is 0 Å². The number of hydrogen-bond donors (Lipinski definition) is 1. The molecule has 4 aromatic rings. The number of aromatic nitrogens is 3. The minimum Gasteiger partial charge on any atom is -0.310 e. The van der Waals surface area contributed by atoms with Gasteiger partial charge in [-0.2, -0.15) is 0 Å². The van der Waals surface area contributed by atoms with Crippen LogP contribution < -0.4 is 11.1 Å². The number of hydrogen-bond acceptors (Lipinski definition) is 3. The smallest absolute Gasteiger partial charge is 0.280 e. The van der Waals surface area contributed by atoms with Crippen LogP contribution in [0.3, 0.4) is 0 Å². The van der Waals surface area contributed by atoms with Crippen LogP contribution in [0.5, 0.6) is 0 Å². The van der Waals surface area contributed by atoms with Gasteiger partial charge < -0.3 is 4.57 Å². The van der Waals surface area contributed by atoms with Crippen molar-refractivity contribution in [1.82, 2.24) is 19.2 Å². The molecule has 6 nitrogen and oxygen atoms in total. The SMILES string of the molecule is Cl.O=c1c2c3n(c(=O)cc2[nH]n1-c1ccccc1Cl)CCCN(Cc1cccc(Cl)c1)C3. The Morgan fingerprint density at radius 2 is 1.78 bits per heavy atom. The van der Waals surface area contributed by atoms with Gasteiger partial charge in [-0.15, -0.1) is 12.4 Å². The lowest BCUT2D eigenvalue weighted by atomic mass is 10.2. The summed E-state index contributed by atoms with van der Waals surface area (Å²) < 4.78 is 3.14. The third-order valence-corrected chi connectivity index (χ3v) is 6.24. The van der Waals surface area contributed by atoms with Crippen LogP contribution in [-0.4, -0.2) is 25.8 Å². The van der Waals surface area contributed by atoms with Crippen molar-refractivity contribution in [3.8, 4) is 5.69 Å². The van der Waals surface area contributed by atoms with E-state index in [2.05, 4.69) is 10.00 Å². The van der Waals surface area contributed by atoms with Crippen LogP contribution in [0, 0.1) is 0 Å². The van der Waals surface area contributed by atoms with Crippen LogP contribution in [-0.2, 0) is 19.6 Å². The van der Waals surface area contributed by atoms with Crippen molar-refractivity contribution in [3.05, 3.63) is 96.6 Å². The average Bonchev–Trinajstić information content (AvgIpc) is 2.92. The van der Waals surface area contributed by atoms with Gasteiger partial charge in [0.1, 0.15) is 0 Å². The molecule has 0 saturated carbocycles. The molecule has 3 heterocycles. The van der Waals surface area contributed by atoms with Gasteiger partial charge in [0.2, 0.25) is 0 Å². The number of nitrogens with zero attached hydrogens (tertiary/aromatic N) is 3. The maximum absolute atomic E-state index is 13.4. The van der Waals surface area contributed by atoms with Gasteiger partial charge in [-0.25, -0.2) is 4.68 Å². The number of para-hydroxylation sites is 1. The first-order valence-corrected chi connectivity index (χ1v) is 10.9. The van der Waals surface area contributed by atoms with E-state index in [1.54, 1.807) is 16.7 Å². The predicted molar refractivity (Wildman–Crippen MR) is 131 cm³/mol.